The standard InChI is InChI=1S/C6HF9O4.Mg.2H/c7-3(5(11,12)13)6(14,15)19-2(18-3,1(16)17)4(8,9)10;;;/h(H,16,17);;;/q;+2;2*-1. The van der Waals surface area contributed by atoms with Crippen LogP contribution in [0.25, 0.3) is 0 Å². The molecule has 0 saturated carbocycles. The van der Waals surface area contributed by atoms with Crippen molar-refractivity contribution >= 4 is 29.0 Å². The Kier molecular flexibility index (Phi) is 4.66. The maximum Gasteiger partial charge on any atom is 2.00 e. The Morgan fingerprint density at radius 3 is 1.50 bits per heavy atom. The Bertz CT molecular complexity index is 416. The molecule has 116 valence electrons. The number of hydrogen-bond acceptors (Lipinski definition) is 3. The third kappa shape index (κ3) is 2.41. The first-order chi connectivity index (χ1) is 8.11. The summed E-state index contributed by atoms with van der Waals surface area (Å²) in [6.07, 6.45) is -19.3. The predicted molar refractivity (Wildman–Crippen MR) is 41.4 cm³/mol. The van der Waals surface area contributed by atoms with Crippen molar-refractivity contribution in [3.8, 4) is 0 Å². The number of alkyl halides is 9. The van der Waals surface area contributed by atoms with E-state index >= 15 is 0 Å². The molecule has 1 aliphatic heterocycles. The van der Waals surface area contributed by atoms with Gasteiger partial charge < -0.3 is 7.96 Å². The van der Waals surface area contributed by atoms with E-state index in [-0.39, 0.29) is 25.9 Å². The molecule has 2 atom stereocenters. The van der Waals surface area contributed by atoms with Gasteiger partial charge in [0.15, 0.2) is 0 Å². The molecule has 4 nitrogen and oxygen atoms in total. The van der Waals surface area contributed by atoms with E-state index in [1.165, 1.54) is 0 Å². The number of ether oxygens (including phenoxy) is 2. The van der Waals surface area contributed by atoms with Gasteiger partial charge in [0.05, 0.1) is 0 Å². The fourth-order valence-electron chi connectivity index (χ4n) is 1.07. The summed E-state index contributed by atoms with van der Waals surface area (Å²) < 4.78 is 116. The van der Waals surface area contributed by atoms with Gasteiger partial charge in [0.25, 0.3) is 0 Å². The van der Waals surface area contributed by atoms with Crippen LogP contribution in [0.5, 0.6) is 0 Å². The molecular formula is C6H3F9MgO4. The molecule has 0 aromatic carbocycles. The number of halogens is 9. The maximum atomic E-state index is 13.0. The normalized spacial score (nSPS) is 33.6. The van der Waals surface area contributed by atoms with Gasteiger partial charge >= 0.3 is 59.1 Å². The molecule has 1 aliphatic rings. The molecule has 1 fully saturated rings. The van der Waals surface area contributed by atoms with Crippen LogP contribution >= 0.6 is 0 Å². The van der Waals surface area contributed by atoms with Gasteiger partial charge in [-0.3, -0.25) is 9.47 Å². The molecule has 2 unspecified atom stereocenters. The van der Waals surface area contributed by atoms with Crippen molar-refractivity contribution in [2.75, 3.05) is 0 Å². The zero-order valence-electron chi connectivity index (χ0n) is 10.8. The number of rotatable bonds is 1. The number of carbonyl (C=O) groups is 1. The molecule has 0 aliphatic carbocycles. The molecule has 1 rings (SSSR count). The van der Waals surface area contributed by atoms with Crippen LogP contribution in [0.4, 0.5) is 39.5 Å². The predicted octanol–water partition coefficient (Wildman–Crippen LogP) is 2.04. The third-order valence-corrected chi connectivity index (χ3v) is 1.95. The maximum absolute atomic E-state index is 13.0. The Morgan fingerprint density at radius 2 is 1.35 bits per heavy atom. The fourth-order valence-corrected chi connectivity index (χ4v) is 1.07. The van der Waals surface area contributed by atoms with E-state index in [4.69, 9.17) is 5.11 Å². The zero-order valence-corrected chi connectivity index (χ0v) is 10.2. The smallest absolute Gasteiger partial charge is 1.00 e. The molecule has 0 amide bonds. The SMILES string of the molecule is O=C(O)C1(C(F)(F)F)OC(F)(F)C(F)(C(F)(F)F)O1.[H-].[H-].[Mg+2]. The summed E-state index contributed by atoms with van der Waals surface area (Å²) in [5.74, 6) is -15.1. The average molecular weight is 334 g/mol. The number of carboxylic acid groups (broad SMARTS) is 1. The summed E-state index contributed by atoms with van der Waals surface area (Å²) in [5.41, 5.74) is 0. The van der Waals surface area contributed by atoms with Gasteiger partial charge in [-0.15, -0.1) is 0 Å². The molecule has 0 radical (unpaired) electrons. The van der Waals surface area contributed by atoms with Crippen molar-refractivity contribution in [1.29, 1.82) is 0 Å². The van der Waals surface area contributed by atoms with Crippen LogP contribution in [0, 0.1) is 0 Å². The van der Waals surface area contributed by atoms with E-state index in [0.29, 0.717) is 0 Å². The Balaban J connectivity index is -0.00000120. The molecule has 20 heavy (non-hydrogen) atoms. The second-order valence-electron chi connectivity index (χ2n) is 3.23. The fraction of sp³-hybridized carbons (Fsp3) is 0.833. The van der Waals surface area contributed by atoms with E-state index < -0.39 is 36.1 Å². The van der Waals surface area contributed by atoms with E-state index in [2.05, 4.69) is 9.47 Å². The molecule has 0 bridgehead atoms. The quantitative estimate of drug-likeness (QED) is 0.589. The minimum absolute atomic E-state index is 0. The van der Waals surface area contributed by atoms with Gasteiger partial charge in [0.2, 0.25) is 0 Å². The molecule has 0 spiro atoms. The van der Waals surface area contributed by atoms with Crippen LogP contribution in [0.15, 0.2) is 0 Å². The largest absolute Gasteiger partial charge is 2.00 e. The first-order valence-electron chi connectivity index (χ1n) is 3.95. The topological polar surface area (TPSA) is 55.8 Å². The van der Waals surface area contributed by atoms with Crippen molar-refractivity contribution in [2.45, 2.75) is 30.1 Å². The minimum atomic E-state index is -6.67. The van der Waals surface area contributed by atoms with Crippen LogP contribution in [-0.2, 0) is 14.3 Å². The summed E-state index contributed by atoms with van der Waals surface area (Å²) in [6.45, 7) is 0. The summed E-state index contributed by atoms with van der Waals surface area (Å²) in [7, 11) is 0. The van der Waals surface area contributed by atoms with Crippen molar-refractivity contribution in [2.24, 2.45) is 0 Å². The summed E-state index contributed by atoms with van der Waals surface area (Å²) in [5, 5.41) is 8.09. The number of aliphatic carboxylic acids is 1. The van der Waals surface area contributed by atoms with Gasteiger partial charge in [-0.1, -0.05) is 0 Å². The first-order valence-corrected chi connectivity index (χ1v) is 3.95. The van der Waals surface area contributed by atoms with Crippen molar-refractivity contribution in [3.63, 3.8) is 0 Å². The first kappa shape index (κ1) is 19.5. The van der Waals surface area contributed by atoms with Gasteiger partial charge in [-0.05, 0) is 0 Å². The Morgan fingerprint density at radius 1 is 0.950 bits per heavy atom. The van der Waals surface area contributed by atoms with Crippen molar-refractivity contribution < 1.29 is 61.7 Å². The monoisotopic (exact) mass is 334 g/mol. The minimum Gasteiger partial charge on any atom is -1.00 e. The van der Waals surface area contributed by atoms with Crippen molar-refractivity contribution in [1.82, 2.24) is 0 Å². The number of carboxylic acids is 1. The van der Waals surface area contributed by atoms with Crippen LogP contribution in [0.1, 0.15) is 2.85 Å². The number of hydrogen-bond donors (Lipinski definition) is 1. The second-order valence-corrected chi connectivity index (χ2v) is 3.23. The van der Waals surface area contributed by atoms with E-state index in [1.807, 2.05) is 0 Å². The molecule has 0 aromatic heterocycles. The molecule has 1 saturated heterocycles. The van der Waals surface area contributed by atoms with Crippen LogP contribution in [-0.4, -0.2) is 64.2 Å². The molecular weight excluding hydrogens is 331 g/mol. The summed E-state index contributed by atoms with van der Waals surface area (Å²) in [6, 6.07) is 0. The van der Waals surface area contributed by atoms with Gasteiger partial charge in [0, 0.05) is 0 Å². The molecule has 0 aromatic rings. The Hall–Kier alpha value is -0.474. The van der Waals surface area contributed by atoms with Gasteiger partial charge in [-0.25, -0.2) is 4.79 Å². The average Bonchev–Trinajstić information content (AvgIpc) is 2.34. The molecule has 1 heterocycles. The van der Waals surface area contributed by atoms with Gasteiger partial charge in [-0.2, -0.15) is 39.5 Å². The molecule has 1 N–H and O–H groups in total. The van der Waals surface area contributed by atoms with Crippen molar-refractivity contribution in [3.05, 3.63) is 0 Å². The van der Waals surface area contributed by atoms with Crippen LogP contribution < -0.4 is 0 Å². The van der Waals surface area contributed by atoms with Crippen LogP contribution in [0.2, 0.25) is 0 Å². The van der Waals surface area contributed by atoms with Gasteiger partial charge in [0.1, 0.15) is 0 Å². The zero-order chi connectivity index (χ0) is 15.5. The van der Waals surface area contributed by atoms with E-state index in [9.17, 15) is 44.3 Å². The van der Waals surface area contributed by atoms with Crippen LogP contribution in [0.3, 0.4) is 0 Å². The van der Waals surface area contributed by atoms with E-state index in [0.717, 1.165) is 0 Å². The summed E-state index contributed by atoms with van der Waals surface area (Å²) >= 11 is 0. The van der Waals surface area contributed by atoms with E-state index in [1.54, 1.807) is 0 Å². The molecule has 14 heteroatoms. The second kappa shape index (κ2) is 4.77. The summed E-state index contributed by atoms with van der Waals surface area (Å²) in [4.78, 5) is 10.2. The third-order valence-electron chi connectivity index (χ3n) is 1.95. The Labute approximate surface area is 121 Å².